The van der Waals surface area contributed by atoms with Crippen LogP contribution < -0.4 is 0 Å². The molecule has 1 amide bonds. The van der Waals surface area contributed by atoms with E-state index in [1.807, 2.05) is 6.20 Å². The molecule has 0 spiro atoms. The molecule has 4 rings (SSSR count). The summed E-state index contributed by atoms with van der Waals surface area (Å²) in [5, 5.41) is 0. The quantitative estimate of drug-likeness (QED) is 0.775. The third-order valence-corrected chi connectivity index (χ3v) is 6.84. The van der Waals surface area contributed by atoms with Crippen molar-refractivity contribution in [1.29, 1.82) is 0 Å². The molecule has 3 heterocycles. The van der Waals surface area contributed by atoms with Crippen LogP contribution >= 0.6 is 0 Å². The Balaban J connectivity index is 1.63. The molecule has 29 heavy (non-hydrogen) atoms. The van der Waals surface area contributed by atoms with E-state index in [-0.39, 0.29) is 11.8 Å². The number of benzene rings is 1. The Morgan fingerprint density at radius 1 is 1.21 bits per heavy atom. The number of fused-ring (bicyclic) bond motifs is 1. The Morgan fingerprint density at radius 2 is 1.97 bits per heavy atom. The molecule has 1 aromatic carbocycles. The zero-order valence-corrected chi connectivity index (χ0v) is 18.1. The van der Waals surface area contributed by atoms with Crippen LogP contribution in [0.3, 0.4) is 0 Å². The Bertz CT molecular complexity index is 850. The van der Waals surface area contributed by atoms with Crippen LogP contribution in [0.2, 0.25) is 0 Å². The van der Waals surface area contributed by atoms with Gasteiger partial charge in [0, 0.05) is 62.9 Å². The molecule has 1 fully saturated rings. The first kappa shape index (κ1) is 20.1. The smallest absolute Gasteiger partial charge is 0.223 e. The SMILES string of the molecule is CCN1CCN(C(=O)CC(c2ccccc2C)c2cnc3n2C(C)CCC3)CC1. The molecule has 2 aromatic rings. The van der Waals surface area contributed by atoms with Crippen molar-refractivity contribution < 1.29 is 4.79 Å². The number of rotatable bonds is 5. The summed E-state index contributed by atoms with van der Waals surface area (Å²) >= 11 is 0. The van der Waals surface area contributed by atoms with Gasteiger partial charge in [0.15, 0.2) is 0 Å². The van der Waals surface area contributed by atoms with E-state index >= 15 is 0 Å². The van der Waals surface area contributed by atoms with Crippen molar-refractivity contribution in [2.45, 2.75) is 58.4 Å². The van der Waals surface area contributed by atoms with Gasteiger partial charge >= 0.3 is 0 Å². The zero-order valence-electron chi connectivity index (χ0n) is 18.1. The first-order valence-corrected chi connectivity index (χ1v) is 11.2. The van der Waals surface area contributed by atoms with Crippen LogP contribution in [0, 0.1) is 6.92 Å². The molecule has 5 heteroatoms. The van der Waals surface area contributed by atoms with E-state index < -0.39 is 0 Å². The van der Waals surface area contributed by atoms with Crippen molar-refractivity contribution in [3.8, 4) is 0 Å². The zero-order chi connectivity index (χ0) is 20.4. The van der Waals surface area contributed by atoms with Crippen LogP contribution in [-0.2, 0) is 11.2 Å². The lowest BCUT2D eigenvalue weighted by Gasteiger charge is -2.35. The van der Waals surface area contributed by atoms with Crippen molar-refractivity contribution >= 4 is 5.91 Å². The number of aryl methyl sites for hydroxylation is 2. The van der Waals surface area contributed by atoms with Crippen LogP contribution in [0.15, 0.2) is 30.5 Å². The van der Waals surface area contributed by atoms with Crippen molar-refractivity contribution in [1.82, 2.24) is 19.4 Å². The summed E-state index contributed by atoms with van der Waals surface area (Å²) in [7, 11) is 0. The number of carbonyl (C=O) groups excluding carboxylic acids is 1. The van der Waals surface area contributed by atoms with Gasteiger partial charge < -0.3 is 14.4 Å². The van der Waals surface area contributed by atoms with Crippen molar-refractivity contribution in [3.05, 3.63) is 53.1 Å². The predicted octanol–water partition coefficient (Wildman–Crippen LogP) is 3.77. The van der Waals surface area contributed by atoms with Gasteiger partial charge in [0.25, 0.3) is 0 Å². The van der Waals surface area contributed by atoms with Gasteiger partial charge in [-0.1, -0.05) is 31.2 Å². The molecule has 0 radical (unpaired) electrons. The molecule has 2 aliphatic heterocycles. The topological polar surface area (TPSA) is 41.4 Å². The van der Waals surface area contributed by atoms with Gasteiger partial charge in [-0.05, 0) is 44.4 Å². The number of carbonyl (C=O) groups is 1. The fraction of sp³-hybridized carbons (Fsp3) is 0.583. The number of nitrogens with zero attached hydrogens (tertiary/aromatic N) is 4. The second kappa shape index (κ2) is 8.70. The highest BCUT2D eigenvalue weighted by Crippen LogP contribution is 2.36. The van der Waals surface area contributed by atoms with Gasteiger partial charge in [-0.15, -0.1) is 0 Å². The molecule has 0 saturated carbocycles. The van der Waals surface area contributed by atoms with Crippen LogP contribution in [-0.4, -0.2) is 58.0 Å². The summed E-state index contributed by atoms with van der Waals surface area (Å²) in [4.78, 5) is 22.5. The minimum Gasteiger partial charge on any atom is -0.340 e. The summed E-state index contributed by atoms with van der Waals surface area (Å²) in [6.45, 7) is 11.3. The van der Waals surface area contributed by atoms with E-state index in [4.69, 9.17) is 4.98 Å². The maximum Gasteiger partial charge on any atom is 0.223 e. The molecule has 2 unspecified atom stereocenters. The third-order valence-electron chi connectivity index (χ3n) is 6.84. The maximum absolute atomic E-state index is 13.3. The largest absolute Gasteiger partial charge is 0.340 e. The number of aromatic nitrogens is 2. The van der Waals surface area contributed by atoms with E-state index in [2.05, 4.69) is 59.4 Å². The van der Waals surface area contributed by atoms with Gasteiger partial charge in [-0.3, -0.25) is 4.79 Å². The number of piperazine rings is 1. The van der Waals surface area contributed by atoms with Crippen molar-refractivity contribution in [2.75, 3.05) is 32.7 Å². The number of hydrogen-bond acceptors (Lipinski definition) is 3. The third kappa shape index (κ3) is 4.11. The molecule has 1 aromatic heterocycles. The predicted molar refractivity (Wildman–Crippen MR) is 116 cm³/mol. The van der Waals surface area contributed by atoms with Gasteiger partial charge in [-0.2, -0.15) is 0 Å². The lowest BCUT2D eigenvalue weighted by molar-refractivity contribution is -0.133. The van der Waals surface area contributed by atoms with Crippen molar-refractivity contribution in [2.24, 2.45) is 0 Å². The van der Waals surface area contributed by atoms with E-state index in [0.717, 1.165) is 39.1 Å². The summed E-state index contributed by atoms with van der Waals surface area (Å²) in [6.07, 6.45) is 5.99. The summed E-state index contributed by atoms with van der Waals surface area (Å²) < 4.78 is 2.42. The van der Waals surface area contributed by atoms with E-state index in [0.29, 0.717) is 12.5 Å². The van der Waals surface area contributed by atoms with Crippen LogP contribution in [0.5, 0.6) is 0 Å². The molecule has 156 valence electrons. The molecule has 5 nitrogen and oxygen atoms in total. The molecule has 0 N–H and O–H groups in total. The monoisotopic (exact) mass is 394 g/mol. The van der Waals surface area contributed by atoms with E-state index in [1.165, 1.54) is 35.5 Å². The second-order valence-electron chi connectivity index (χ2n) is 8.64. The Hall–Kier alpha value is -2.14. The highest BCUT2D eigenvalue weighted by molar-refractivity contribution is 5.78. The molecular formula is C24H34N4O. The van der Waals surface area contributed by atoms with Crippen LogP contribution in [0.25, 0.3) is 0 Å². The Morgan fingerprint density at radius 3 is 2.69 bits per heavy atom. The molecule has 0 aliphatic carbocycles. The second-order valence-corrected chi connectivity index (χ2v) is 8.64. The van der Waals surface area contributed by atoms with Gasteiger partial charge in [0.2, 0.25) is 5.91 Å². The first-order chi connectivity index (χ1) is 14.1. The molecular weight excluding hydrogens is 360 g/mol. The van der Waals surface area contributed by atoms with Crippen LogP contribution in [0.4, 0.5) is 0 Å². The molecule has 1 saturated heterocycles. The van der Waals surface area contributed by atoms with Crippen molar-refractivity contribution in [3.63, 3.8) is 0 Å². The lowest BCUT2D eigenvalue weighted by Crippen LogP contribution is -2.48. The number of hydrogen-bond donors (Lipinski definition) is 0. The Labute approximate surface area is 174 Å². The van der Waals surface area contributed by atoms with Gasteiger partial charge in [-0.25, -0.2) is 4.98 Å². The highest BCUT2D eigenvalue weighted by Gasteiger charge is 2.30. The maximum atomic E-state index is 13.3. The molecule has 2 aliphatic rings. The lowest BCUT2D eigenvalue weighted by atomic mass is 9.88. The summed E-state index contributed by atoms with van der Waals surface area (Å²) in [5.41, 5.74) is 3.72. The standard InChI is InChI=1S/C24H34N4O/c1-4-26-12-14-27(15-13-26)24(29)16-21(20-10-6-5-8-18(20)2)22-17-25-23-11-7-9-19(3)28(22)23/h5-6,8,10,17,19,21H,4,7,9,11-16H2,1-3H3. The molecule has 0 bridgehead atoms. The number of imidazole rings is 1. The fourth-order valence-corrected chi connectivity index (χ4v) is 5.02. The average Bonchev–Trinajstić information content (AvgIpc) is 3.18. The summed E-state index contributed by atoms with van der Waals surface area (Å²) in [5.74, 6) is 1.52. The minimum absolute atomic E-state index is 0.0645. The van der Waals surface area contributed by atoms with E-state index in [1.54, 1.807) is 0 Å². The average molecular weight is 395 g/mol. The highest BCUT2D eigenvalue weighted by atomic mass is 16.2. The minimum atomic E-state index is 0.0645. The summed E-state index contributed by atoms with van der Waals surface area (Å²) in [6, 6.07) is 8.97. The normalized spacial score (nSPS) is 21.1. The van der Waals surface area contributed by atoms with Gasteiger partial charge in [0.05, 0.1) is 0 Å². The molecule has 2 atom stereocenters. The van der Waals surface area contributed by atoms with E-state index in [9.17, 15) is 4.79 Å². The van der Waals surface area contributed by atoms with Crippen LogP contribution in [0.1, 0.15) is 67.7 Å². The fourth-order valence-electron chi connectivity index (χ4n) is 5.02. The number of likely N-dealkylation sites (N-methyl/N-ethyl adjacent to an activating group) is 1. The number of amides is 1. The Kier molecular flexibility index (Phi) is 6.04. The first-order valence-electron chi connectivity index (χ1n) is 11.2. The van der Waals surface area contributed by atoms with Gasteiger partial charge in [0.1, 0.15) is 5.82 Å².